The van der Waals surface area contributed by atoms with Crippen molar-refractivity contribution in [3.05, 3.63) is 41.2 Å². The highest BCUT2D eigenvalue weighted by atomic mass is 35.5. The van der Waals surface area contributed by atoms with Crippen molar-refractivity contribution in [1.82, 2.24) is 4.98 Å². The van der Waals surface area contributed by atoms with E-state index in [0.717, 1.165) is 27.9 Å². The van der Waals surface area contributed by atoms with Gasteiger partial charge in [-0.2, -0.15) is 0 Å². The number of benzene rings is 1. The van der Waals surface area contributed by atoms with Crippen molar-refractivity contribution >= 4 is 22.4 Å². The minimum Gasteiger partial charge on any atom is -0.330 e. The van der Waals surface area contributed by atoms with Crippen LogP contribution in [-0.2, 0) is 6.42 Å². The van der Waals surface area contributed by atoms with E-state index in [-0.39, 0.29) is 0 Å². The number of fused-ring (bicyclic) bond motifs is 1. The van der Waals surface area contributed by atoms with Crippen LogP contribution in [0.15, 0.2) is 30.5 Å². The predicted octanol–water partition coefficient (Wildman–Crippen LogP) is 2.39. The lowest BCUT2D eigenvalue weighted by Crippen LogP contribution is -2.04. The first-order valence-electron chi connectivity index (χ1n) is 4.55. The standard InChI is InChI=1S/C11H11ClN2/c12-10-3-1-2-9-8(10)5-7-14-11(9)4-6-13/h1-3,5,7H,4,6,13H2. The summed E-state index contributed by atoms with van der Waals surface area (Å²) in [7, 11) is 0. The zero-order valence-corrected chi connectivity index (χ0v) is 8.46. The summed E-state index contributed by atoms with van der Waals surface area (Å²) in [4.78, 5) is 4.30. The summed E-state index contributed by atoms with van der Waals surface area (Å²) >= 11 is 6.07. The first kappa shape index (κ1) is 9.44. The van der Waals surface area contributed by atoms with Crippen molar-refractivity contribution in [2.45, 2.75) is 6.42 Å². The molecule has 1 heterocycles. The Morgan fingerprint density at radius 3 is 2.86 bits per heavy atom. The first-order chi connectivity index (χ1) is 6.83. The van der Waals surface area contributed by atoms with Gasteiger partial charge in [0.2, 0.25) is 0 Å². The molecule has 0 saturated carbocycles. The minimum absolute atomic E-state index is 0.610. The molecule has 0 amide bonds. The number of hydrogen-bond acceptors (Lipinski definition) is 2. The maximum atomic E-state index is 6.07. The average molecular weight is 207 g/mol. The molecule has 2 N–H and O–H groups in total. The van der Waals surface area contributed by atoms with Crippen molar-refractivity contribution in [1.29, 1.82) is 0 Å². The molecule has 0 saturated heterocycles. The SMILES string of the molecule is NCCc1nccc2c(Cl)cccc12. The average Bonchev–Trinajstić information content (AvgIpc) is 2.20. The lowest BCUT2D eigenvalue weighted by atomic mass is 10.1. The second-order valence-electron chi connectivity index (χ2n) is 3.13. The molecule has 0 atom stereocenters. The van der Waals surface area contributed by atoms with Gasteiger partial charge in [0, 0.05) is 34.1 Å². The van der Waals surface area contributed by atoms with E-state index in [9.17, 15) is 0 Å². The smallest absolute Gasteiger partial charge is 0.0494 e. The van der Waals surface area contributed by atoms with Gasteiger partial charge in [-0.1, -0.05) is 23.7 Å². The Balaban J connectivity index is 2.68. The summed E-state index contributed by atoms with van der Waals surface area (Å²) in [6.45, 7) is 0.610. The van der Waals surface area contributed by atoms with Crippen LogP contribution in [0.3, 0.4) is 0 Å². The van der Waals surface area contributed by atoms with Crippen LogP contribution >= 0.6 is 11.6 Å². The number of rotatable bonds is 2. The van der Waals surface area contributed by atoms with Crippen molar-refractivity contribution in [3.63, 3.8) is 0 Å². The van der Waals surface area contributed by atoms with E-state index >= 15 is 0 Å². The van der Waals surface area contributed by atoms with E-state index < -0.39 is 0 Å². The minimum atomic E-state index is 0.610. The summed E-state index contributed by atoms with van der Waals surface area (Å²) in [5.74, 6) is 0. The fourth-order valence-electron chi connectivity index (χ4n) is 1.57. The van der Waals surface area contributed by atoms with E-state index in [4.69, 9.17) is 17.3 Å². The Kier molecular flexibility index (Phi) is 2.66. The third-order valence-electron chi connectivity index (χ3n) is 2.22. The molecule has 0 radical (unpaired) electrons. The Hall–Kier alpha value is -1.12. The van der Waals surface area contributed by atoms with Gasteiger partial charge in [0.25, 0.3) is 0 Å². The maximum absolute atomic E-state index is 6.07. The van der Waals surface area contributed by atoms with Crippen molar-refractivity contribution < 1.29 is 0 Å². The summed E-state index contributed by atoms with van der Waals surface area (Å²) in [5, 5.41) is 2.92. The number of nitrogens with zero attached hydrogens (tertiary/aromatic N) is 1. The van der Waals surface area contributed by atoms with E-state index in [1.54, 1.807) is 6.20 Å². The molecule has 2 aromatic rings. The van der Waals surface area contributed by atoms with E-state index in [2.05, 4.69) is 4.98 Å². The van der Waals surface area contributed by atoms with E-state index in [1.165, 1.54) is 0 Å². The number of hydrogen-bond donors (Lipinski definition) is 1. The quantitative estimate of drug-likeness (QED) is 0.820. The molecule has 0 unspecified atom stereocenters. The van der Waals surface area contributed by atoms with Crippen LogP contribution in [0.5, 0.6) is 0 Å². The Morgan fingerprint density at radius 2 is 2.07 bits per heavy atom. The van der Waals surface area contributed by atoms with Crippen molar-refractivity contribution in [2.75, 3.05) is 6.54 Å². The van der Waals surface area contributed by atoms with Crippen molar-refractivity contribution in [3.8, 4) is 0 Å². The second-order valence-corrected chi connectivity index (χ2v) is 3.54. The molecule has 0 spiro atoms. The third kappa shape index (κ3) is 1.59. The largest absolute Gasteiger partial charge is 0.330 e. The maximum Gasteiger partial charge on any atom is 0.0494 e. The number of pyridine rings is 1. The molecule has 0 aliphatic rings. The zero-order valence-electron chi connectivity index (χ0n) is 7.70. The van der Waals surface area contributed by atoms with E-state index in [1.807, 2.05) is 24.3 Å². The molecule has 72 valence electrons. The van der Waals surface area contributed by atoms with Gasteiger partial charge in [-0.25, -0.2) is 0 Å². The van der Waals surface area contributed by atoms with Crippen LogP contribution in [0.4, 0.5) is 0 Å². The van der Waals surface area contributed by atoms with Gasteiger partial charge in [-0.05, 0) is 18.7 Å². The molecule has 0 bridgehead atoms. The van der Waals surface area contributed by atoms with Crippen molar-refractivity contribution in [2.24, 2.45) is 5.73 Å². The lowest BCUT2D eigenvalue weighted by molar-refractivity contribution is 0.935. The van der Waals surface area contributed by atoms with Crippen LogP contribution in [0.2, 0.25) is 5.02 Å². The van der Waals surface area contributed by atoms with Crippen LogP contribution < -0.4 is 5.73 Å². The highest BCUT2D eigenvalue weighted by molar-refractivity contribution is 6.35. The molecule has 1 aromatic carbocycles. The van der Waals surface area contributed by atoms with Gasteiger partial charge in [0.05, 0.1) is 0 Å². The predicted molar refractivity (Wildman–Crippen MR) is 59.5 cm³/mol. The van der Waals surface area contributed by atoms with Gasteiger partial charge in [-0.3, -0.25) is 4.98 Å². The Labute approximate surface area is 87.7 Å². The molecule has 3 heteroatoms. The summed E-state index contributed by atoms with van der Waals surface area (Å²) in [6.07, 6.45) is 2.57. The van der Waals surface area contributed by atoms with Gasteiger partial charge in [0.1, 0.15) is 0 Å². The molecule has 0 aliphatic heterocycles. The Morgan fingerprint density at radius 1 is 1.21 bits per heavy atom. The topological polar surface area (TPSA) is 38.9 Å². The Bertz CT molecular complexity index is 454. The summed E-state index contributed by atoms with van der Waals surface area (Å²) in [5.41, 5.74) is 6.54. The molecular formula is C11H11ClN2. The number of aromatic nitrogens is 1. The molecule has 2 nitrogen and oxygen atoms in total. The van der Waals surface area contributed by atoms with Gasteiger partial charge in [0.15, 0.2) is 0 Å². The molecule has 14 heavy (non-hydrogen) atoms. The van der Waals surface area contributed by atoms with Crippen LogP contribution in [0, 0.1) is 0 Å². The highest BCUT2D eigenvalue weighted by Gasteiger charge is 2.03. The summed E-state index contributed by atoms with van der Waals surface area (Å²) in [6, 6.07) is 7.78. The van der Waals surface area contributed by atoms with Crippen LogP contribution in [0.25, 0.3) is 10.8 Å². The monoisotopic (exact) mass is 206 g/mol. The molecule has 0 aliphatic carbocycles. The summed E-state index contributed by atoms with van der Waals surface area (Å²) < 4.78 is 0. The van der Waals surface area contributed by atoms with Crippen LogP contribution in [0.1, 0.15) is 5.69 Å². The molecular weight excluding hydrogens is 196 g/mol. The van der Waals surface area contributed by atoms with Crippen LogP contribution in [-0.4, -0.2) is 11.5 Å². The second kappa shape index (κ2) is 3.95. The lowest BCUT2D eigenvalue weighted by Gasteiger charge is -2.04. The van der Waals surface area contributed by atoms with Gasteiger partial charge >= 0.3 is 0 Å². The number of halogens is 1. The van der Waals surface area contributed by atoms with Gasteiger partial charge < -0.3 is 5.73 Å². The first-order valence-corrected chi connectivity index (χ1v) is 4.93. The third-order valence-corrected chi connectivity index (χ3v) is 2.55. The van der Waals surface area contributed by atoms with Gasteiger partial charge in [-0.15, -0.1) is 0 Å². The molecule has 2 rings (SSSR count). The fraction of sp³-hybridized carbons (Fsp3) is 0.182. The molecule has 0 fully saturated rings. The van der Waals surface area contributed by atoms with E-state index in [0.29, 0.717) is 6.54 Å². The molecule has 1 aromatic heterocycles. The normalized spacial score (nSPS) is 10.7. The highest BCUT2D eigenvalue weighted by Crippen LogP contribution is 2.24. The fourth-order valence-corrected chi connectivity index (χ4v) is 1.80. The zero-order chi connectivity index (χ0) is 9.97. The number of nitrogens with two attached hydrogens (primary N) is 1.